The first-order valence-electron chi connectivity index (χ1n) is 9.38. The Labute approximate surface area is 164 Å². The quantitative estimate of drug-likeness (QED) is 0.706. The molecule has 0 radical (unpaired) electrons. The van der Waals surface area contributed by atoms with Gasteiger partial charge in [0.25, 0.3) is 5.91 Å². The Bertz CT molecular complexity index is 870. The van der Waals surface area contributed by atoms with Gasteiger partial charge in [-0.15, -0.1) is 0 Å². The Morgan fingerprint density at radius 3 is 2.39 bits per heavy atom. The number of methoxy groups -OCH3 is 1. The van der Waals surface area contributed by atoms with Gasteiger partial charge < -0.3 is 14.5 Å². The van der Waals surface area contributed by atoms with E-state index < -0.39 is 23.5 Å². The summed E-state index contributed by atoms with van der Waals surface area (Å²) in [5.41, 5.74) is 0.874. The SMILES string of the molecule is COC(=O)[C@H](CC(C)C)NC(=O)c1c(C)cc(CCc2ccccc2)oc1=O. The Kier molecular flexibility index (Phi) is 7.55. The van der Waals surface area contributed by atoms with Crippen LogP contribution in [0.15, 0.2) is 45.6 Å². The molecule has 1 aromatic heterocycles. The summed E-state index contributed by atoms with van der Waals surface area (Å²) >= 11 is 0. The zero-order valence-corrected chi connectivity index (χ0v) is 16.8. The van der Waals surface area contributed by atoms with Crippen molar-refractivity contribution in [3.63, 3.8) is 0 Å². The predicted octanol–water partition coefficient (Wildman–Crippen LogP) is 3.05. The number of nitrogens with one attached hydrogen (secondary N) is 1. The number of amides is 1. The second kappa shape index (κ2) is 9.88. The molecule has 1 aromatic carbocycles. The number of benzene rings is 1. The summed E-state index contributed by atoms with van der Waals surface area (Å²) < 4.78 is 10.1. The van der Waals surface area contributed by atoms with E-state index in [1.54, 1.807) is 13.0 Å². The molecular weight excluding hydrogens is 358 g/mol. The van der Waals surface area contributed by atoms with Gasteiger partial charge in [-0.25, -0.2) is 9.59 Å². The van der Waals surface area contributed by atoms with Gasteiger partial charge in [0.15, 0.2) is 0 Å². The van der Waals surface area contributed by atoms with Crippen molar-refractivity contribution in [2.24, 2.45) is 5.92 Å². The van der Waals surface area contributed by atoms with Gasteiger partial charge in [0.05, 0.1) is 7.11 Å². The van der Waals surface area contributed by atoms with Crippen molar-refractivity contribution in [2.45, 2.75) is 46.1 Å². The Morgan fingerprint density at radius 1 is 1.14 bits per heavy atom. The summed E-state index contributed by atoms with van der Waals surface area (Å²) in [5, 5.41) is 2.60. The molecule has 1 amide bonds. The molecule has 150 valence electrons. The van der Waals surface area contributed by atoms with Crippen molar-refractivity contribution in [1.29, 1.82) is 0 Å². The molecule has 2 rings (SSSR count). The molecule has 0 saturated carbocycles. The van der Waals surface area contributed by atoms with Crippen molar-refractivity contribution in [1.82, 2.24) is 5.32 Å². The number of hydrogen-bond donors (Lipinski definition) is 1. The van der Waals surface area contributed by atoms with E-state index in [9.17, 15) is 14.4 Å². The topological polar surface area (TPSA) is 85.6 Å². The first kappa shape index (κ1) is 21.4. The maximum Gasteiger partial charge on any atom is 0.349 e. The first-order valence-corrected chi connectivity index (χ1v) is 9.38. The van der Waals surface area contributed by atoms with Crippen LogP contribution < -0.4 is 10.9 Å². The van der Waals surface area contributed by atoms with Crippen LogP contribution in [0.3, 0.4) is 0 Å². The molecule has 0 aliphatic heterocycles. The minimum Gasteiger partial charge on any atom is -0.467 e. The van der Waals surface area contributed by atoms with Crippen molar-refractivity contribution in [3.8, 4) is 0 Å². The van der Waals surface area contributed by atoms with Crippen LogP contribution in [0.1, 0.15) is 47.5 Å². The van der Waals surface area contributed by atoms with Crippen LogP contribution in [0.2, 0.25) is 0 Å². The van der Waals surface area contributed by atoms with Crippen molar-refractivity contribution in [3.05, 3.63) is 69.3 Å². The van der Waals surface area contributed by atoms with E-state index >= 15 is 0 Å². The highest BCUT2D eigenvalue weighted by atomic mass is 16.5. The van der Waals surface area contributed by atoms with Gasteiger partial charge in [0.1, 0.15) is 17.4 Å². The smallest absolute Gasteiger partial charge is 0.349 e. The Hall–Kier alpha value is -2.89. The number of aryl methyl sites for hydroxylation is 3. The largest absolute Gasteiger partial charge is 0.467 e. The molecule has 0 unspecified atom stereocenters. The fraction of sp³-hybridized carbons (Fsp3) is 0.409. The average Bonchev–Trinajstić information content (AvgIpc) is 2.65. The van der Waals surface area contributed by atoms with Crippen molar-refractivity contribution >= 4 is 11.9 Å². The van der Waals surface area contributed by atoms with Gasteiger partial charge in [-0.1, -0.05) is 44.2 Å². The number of rotatable bonds is 8. The summed E-state index contributed by atoms with van der Waals surface area (Å²) in [6.45, 7) is 5.56. The van der Waals surface area contributed by atoms with Crippen molar-refractivity contribution in [2.75, 3.05) is 7.11 Å². The first-order chi connectivity index (χ1) is 13.3. The molecule has 1 N–H and O–H groups in total. The lowest BCUT2D eigenvalue weighted by atomic mass is 10.0. The average molecular weight is 385 g/mol. The Balaban J connectivity index is 2.15. The molecule has 1 atom stereocenters. The highest BCUT2D eigenvalue weighted by Crippen LogP contribution is 2.12. The van der Waals surface area contributed by atoms with Crippen LogP contribution in [0, 0.1) is 12.8 Å². The summed E-state index contributed by atoms with van der Waals surface area (Å²) in [4.78, 5) is 36.9. The third-order valence-corrected chi connectivity index (χ3v) is 4.43. The van der Waals surface area contributed by atoms with E-state index in [1.165, 1.54) is 7.11 Å². The molecule has 0 bridgehead atoms. The van der Waals surface area contributed by atoms with E-state index in [-0.39, 0.29) is 11.5 Å². The third kappa shape index (κ3) is 5.81. The molecule has 6 heteroatoms. The van der Waals surface area contributed by atoms with Gasteiger partial charge >= 0.3 is 11.6 Å². The molecule has 0 fully saturated rings. The zero-order chi connectivity index (χ0) is 20.7. The van der Waals surface area contributed by atoms with Gasteiger partial charge in [-0.2, -0.15) is 0 Å². The molecule has 6 nitrogen and oxygen atoms in total. The normalized spacial score (nSPS) is 11.9. The molecule has 2 aromatic rings. The van der Waals surface area contributed by atoms with E-state index in [0.717, 1.165) is 12.0 Å². The maximum atomic E-state index is 12.6. The van der Waals surface area contributed by atoms with Crippen LogP contribution >= 0.6 is 0 Å². The minimum absolute atomic E-state index is 0.0823. The van der Waals surface area contributed by atoms with Gasteiger partial charge in [0.2, 0.25) is 0 Å². The van der Waals surface area contributed by atoms with E-state index in [4.69, 9.17) is 9.15 Å². The van der Waals surface area contributed by atoms with Crippen molar-refractivity contribution < 1.29 is 18.7 Å². The molecule has 0 aliphatic carbocycles. The molecular formula is C22H27NO5. The number of ether oxygens (including phenoxy) is 1. The predicted molar refractivity (Wildman–Crippen MR) is 106 cm³/mol. The second-order valence-electron chi connectivity index (χ2n) is 7.22. The molecule has 1 heterocycles. The standard InChI is InChI=1S/C22H27NO5/c1-14(2)12-18(21(25)27-4)23-20(24)19-15(3)13-17(28-22(19)26)11-10-16-8-6-5-7-9-16/h5-9,13-14,18H,10-12H2,1-4H3,(H,23,24)/t18-/m0/s1. The molecule has 28 heavy (non-hydrogen) atoms. The lowest BCUT2D eigenvalue weighted by molar-refractivity contribution is -0.143. The molecule has 0 spiro atoms. The van der Waals surface area contributed by atoms with Crippen LogP contribution in [-0.4, -0.2) is 25.0 Å². The van der Waals surface area contributed by atoms with Crippen LogP contribution in [0.5, 0.6) is 0 Å². The zero-order valence-electron chi connectivity index (χ0n) is 16.8. The number of carbonyl (C=O) groups excluding carboxylic acids is 2. The Morgan fingerprint density at radius 2 is 1.82 bits per heavy atom. The van der Waals surface area contributed by atoms with Crippen LogP contribution in [0.25, 0.3) is 0 Å². The lowest BCUT2D eigenvalue weighted by Crippen LogP contribution is -2.44. The highest BCUT2D eigenvalue weighted by Gasteiger charge is 2.26. The number of esters is 1. The third-order valence-electron chi connectivity index (χ3n) is 4.43. The van der Waals surface area contributed by atoms with E-state index in [2.05, 4.69) is 5.32 Å². The second-order valence-corrected chi connectivity index (χ2v) is 7.22. The highest BCUT2D eigenvalue weighted by molar-refractivity contribution is 5.97. The summed E-state index contributed by atoms with van der Waals surface area (Å²) in [5.74, 6) is -0.475. The minimum atomic E-state index is -0.811. The maximum absolute atomic E-state index is 12.6. The summed E-state index contributed by atoms with van der Waals surface area (Å²) in [6, 6.07) is 10.8. The van der Waals surface area contributed by atoms with Gasteiger partial charge in [-0.05, 0) is 42.9 Å². The van der Waals surface area contributed by atoms with Crippen LogP contribution in [0.4, 0.5) is 0 Å². The number of hydrogen-bond acceptors (Lipinski definition) is 5. The fourth-order valence-corrected chi connectivity index (χ4v) is 3.04. The fourth-order valence-electron chi connectivity index (χ4n) is 3.04. The van der Waals surface area contributed by atoms with E-state index in [0.29, 0.717) is 24.2 Å². The number of carbonyl (C=O) groups is 2. The van der Waals surface area contributed by atoms with Crippen LogP contribution in [-0.2, 0) is 22.4 Å². The molecule has 0 saturated heterocycles. The van der Waals surface area contributed by atoms with Gasteiger partial charge in [0, 0.05) is 6.42 Å². The summed E-state index contributed by atoms with van der Waals surface area (Å²) in [7, 11) is 1.27. The summed E-state index contributed by atoms with van der Waals surface area (Å²) in [6.07, 6.45) is 1.70. The monoisotopic (exact) mass is 385 g/mol. The van der Waals surface area contributed by atoms with E-state index in [1.807, 2.05) is 44.2 Å². The van der Waals surface area contributed by atoms with Gasteiger partial charge in [-0.3, -0.25) is 4.79 Å². The molecule has 0 aliphatic rings. The lowest BCUT2D eigenvalue weighted by Gasteiger charge is -2.18.